The molecule has 0 aliphatic carbocycles. The second kappa shape index (κ2) is 5.07. The number of pyridine rings is 1. The molecule has 18 heavy (non-hydrogen) atoms. The number of aryl methyl sites for hydroxylation is 1. The minimum atomic E-state index is 0.235. The number of hydrogen-bond donors (Lipinski definition) is 1. The van der Waals surface area contributed by atoms with Gasteiger partial charge in [0.15, 0.2) is 17.2 Å². The van der Waals surface area contributed by atoms with Gasteiger partial charge in [0.25, 0.3) is 0 Å². The lowest BCUT2D eigenvalue weighted by molar-refractivity contribution is 0.477. The molecule has 0 fully saturated rings. The highest BCUT2D eigenvalue weighted by Gasteiger charge is 2.10. The SMILES string of the molecule is Cc1cc(Br)cc(N)c1Oc1cccnc1C#N. The number of anilines is 1. The average molecular weight is 304 g/mol. The van der Waals surface area contributed by atoms with E-state index in [1.54, 1.807) is 24.4 Å². The Morgan fingerprint density at radius 3 is 2.89 bits per heavy atom. The van der Waals surface area contributed by atoms with E-state index < -0.39 is 0 Å². The first-order valence-corrected chi connectivity index (χ1v) is 5.99. The molecular weight excluding hydrogens is 294 g/mol. The van der Waals surface area contributed by atoms with Crippen LogP contribution < -0.4 is 10.5 Å². The number of nitrogen functional groups attached to an aromatic ring is 1. The maximum atomic E-state index is 8.95. The van der Waals surface area contributed by atoms with Crippen LogP contribution >= 0.6 is 15.9 Å². The summed E-state index contributed by atoms with van der Waals surface area (Å²) in [4.78, 5) is 3.93. The van der Waals surface area contributed by atoms with Crippen molar-refractivity contribution < 1.29 is 4.74 Å². The molecule has 0 saturated carbocycles. The molecule has 1 aromatic carbocycles. The fourth-order valence-electron chi connectivity index (χ4n) is 1.56. The third kappa shape index (κ3) is 2.44. The molecule has 0 aliphatic heterocycles. The first-order valence-electron chi connectivity index (χ1n) is 5.20. The van der Waals surface area contributed by atoms with Crippen LogP contribution in [0, 0.1) is 18.3 Å². The van der Waals surface area contributed by atoms with Crippen LogP contribution in [0.15, 0.2) is 34.9 Å². The predicted octanol–water partition coefficient (Wildman–Crippen LogP) is 3.40. The lowest BCUT2D eigenvalue weighted by atomic mass is 10.2. The van der Waals surface area contributed by atoms with Crippen LogP contribution in [0.25, 0.3) is 0 Å². The van der Waals surface area contributed by atoms with Crippen molar-refractivity contribution in [3.8, 4) is 17.6 Å². The van der Waals surface area contributed by atoms with Gasteiger partial charge in [-0.2, -0.15) is 5.26 Å². The largest absolute Gasteiger partial charge is 0.452 e. The average Bonchev–Trinajstić information content (AvgIpc) is 2.34. The number of aromatic nitrogens is 1. The van der Waals surface area contributed by atoms with Gasteiger partial charge in [0.05, 0.1) is 5.69 Å². The number of nitrogens with two attached hydrogens (primary N) is 1. The molecule has 4 nitrogen and oxygen atoms in total. The van der Waals surface area contributed by atoms with Crippen molar-refractivity contribution in [2.75, 3.05) is 5.73 Å². The lowest BCUT2D eigenvalue weighted by Gasteiger charge is -2.12. The first kappa shape index (κ1) is 12.4. The van der Waals surface area contributed by atoms with Crippen molar-refractivity contribution >= 4 is 21.6 Å². The monoisotopic (exact) mass is 303 g/mol. The van der Waals surface area contributed by atoms with E-state index in [-0.39, 0.29) is 5.69 Å². The van der Waals surface area contributed by atoms with E-state index in [1.807, 2.05) is 19.1 Å². The van der Waals surface area contributed by atoms with Gasteiger partial charge in [0.1, 0.15) is 6.07 Å². The van der Waals surface area contributed by atoms with Crippen LogP contribution in [-0.4, -0.2) is 4.98 Å². The predicted molar refractivity (Wildman–Crippen MR) is 72.3 cm³/mol. The fraction of sp³-hybridized carbons (Fsp3) is 0.0769. The zero-order valence-corrected chi connectivity index (χ0v) is 11.2. The van der Waals surface area contributed by atoms with Gasteiger partial charge in [-0.15, -0.1) is 0 Å². The van der Waals surface area contributed by atoms with Crippen LogP contribution in [-0.2, 0) is 0 Å². The zero-order chi connectivity index (χ0) is 13.1. The number of benzene rings is 1. The topological polar surface area (TPSA) is 71.9 Å². The van der Waals surface area contributed by atoms with Crippen LogP contribution in [0.2, 0.25) is 0 Å². The Kier molecular flexibility index (Phi) is 3.49. The molecular formula is C13H10BrN3O. The Hall–Kier alpha value is -2.06. The van der Waals surface area contributed by atoms with Gasteiger partial charge in [0.2, 0.25) is 0 Å². The first-order chi connectivity index (χ1) is 8.61. The van der Waals surface area contributed by atoms with Crippen LogP contribution in [0.5, 0.6) is 11.5 Å². The third-order valence-corrected chi connectivity index (χ3v) is 2.81. The maximum absolute atomic E-state index is 8.95. The highest BCUT2D eigenvalue weighted by molar-refractivity contribution is 9.10. The molecule has 2 aromatic rings. The molecule has 0 aliphatic rings. The molecule has 0 saturated heterocycles. The highest BCUT2D eigenvalue weighted by atomic mass is 79.9. The Labute approximate surface area is 113 Å². The van der Waals surface area contributed by atoms with E-state index >= 15 is 0 Å². The van der Waals surface area contributed by atoms with Crippen LogP contribution in [0.3, 0.4) is 0 Å². The van der Waals surface area contributed by atoms with Crippen LogP contribution in [0.4, 0.5) is 5.69 Å². The molecule has 0 amide bonds. The summed E-state index contributed by atoms with van der Waals surface area (Å²) in [5.41, 5.74) is 7.53. The Morgan fingerprint density at radius 1 is 1.44 bits per heavy atom. The van der Waals surface area contributed by atoms with E-state index in [2.05, 4.69) is 20.9 Å². The summed E-state index contributed by atoms with van der Waals surface area (Å²) in [6.07, 6.45) is 1.54. The van der Waals surface area contributed by atoms with Gasteiger partial charge in [-0.3, -0.25) is 0 Å². The number of nitrogens with zero attached hydrogens (tertiary/aromatic N) is 2. The van der Waals surface area contributed by atoms with E-state index in [4.69, 9.17) is 15.7 Å². The Bertz CT molecular complexity index is 611. The molecule has 0 bridgehead atoms. The summed E-state index contributed by atoms with van der Waals surface area (Å²) in [6, 6.07) is 9.03. The van der Waals surface area contributed by atoms with Crippen molar-refractivity contribution in [1.82, 2.24) is 4.98 Å². The van der Waals surface area contributed by atoms with E-state index in [1.165, 1.54) is 0 Å². The standard InChI is InChI=1S/C13H10BrN3O/c1-8-5-9(14)6-10(16)13(8)18-12-3-2-4-17-11(12)7-15/h2-6H,16H2,1H3. The zero-order valence-electron chi connectivity index (χ0n) is 9.64. The molecule has 1 heterocycles. The Morgan fingerprint density at radius 2 is 2.22 bits per heavy atom. The summed E-state index contributed by atoms with van der Waals surface area (Å²) in [5, 5.41) is 8.95. The second-order valence-electron chi connectivity index (χ2n) is 3.71. The molecule has 2 rings (SSSR count). The third-order valence-electron chi connectivity index (χ3n) is 2.36. The van der Waals surface area contributed by atoms with Crippen molar-refractivity contribution in [2.24, 2.45) is 0 Å². The lowest BCUT2D eigenvalue weighted by Crippen LogP contribution is -1.97. The van der Waals surface area contributed by atoms with Gasteiger partial charge >= 0.3 is 0 Å². The van der Waals surface area contributed by atoms with Gasteiger partial charge < -0.3 is 10.5 Å². The van der Waals surface area contributed by atoms with Crippen molar-refractivity contribution in [3.63, 3.8) is 0 Å². The molecule has 90 valence electrons. The smallest absolute Gasteiger partial charge is 0.183 e. The molecule has 5 heteroatoms. The quantitative estimate of drug-likeness (QED) is 0.863. The van der Waals surface area contributed by atoms with E-state index in [0.717, 1.165) is 10.0 Å². The molecule has 1 aromatic heterocycles. The van der Waals surface area contributed by atoms with E-state index in [0.29, 0.717) is 17.2 Å². The maximum Gasteiger partial charge on any atom is 0.183 e. The fourth-order valence-corrected chi connectivity index (χ4v) is 2.15. The van der Waals surface area contributed by atoms with Gasteiger partial charge in [-0.1, -0.05) is 15.9 Å². The number of halogens is 1. The van der Waals surface area contributed by atoms with Gasteiger partial charge in [-0.05, 0) is 36.8 Å². The summed E-state index contributed by atoms with van der Waals surface area (Å²) in [7, 11) is 0. The van der Waals surface area contributed by atoms with E-state index in [9.17, 15) is 0 Å². The van der Waals surface area contributed by atoms with Crippen molar-refractivity contribution in [3.05, 3.63) is 46.2 Å². The minimum absolute atomic E-state index is 0.235. The van der Waals surface area contributed by atoms with Crippen molar-refractivity contribution in [1.29, 1.82) is 5.26 Å². The molecule has 0 atom stereocenters. The normalized spacial score (nSPS) is 9.83. The molecule has 0 unspecified atom stereocenters. The van der Waals surface area contributed by atoms with Gasteiger partial charge in [-0.25, -0.2) is 4.98 Å². The number of nitriles is 1. The van der Waals surface area contributed by atoms with Crippen molar-refractivity contribution in [2.45, 2.75) is 6.92 Å². The number of hydrogen-bond acceptors (Lipinski definition) is 4. The van der Waals surface area contributed by atoms with Gasteiger partial charge in [0, 0.05) is 10.7 Å². The molecule has 0 radical (unpaired) electrons. The number of ether oxygens (including phenoxy) is 1. The summed E-state index contributed by atoms with van der Waals surface area (Å²) >= 11 is 3.36. The number of rotatable bonds is 2. The second-order valence-corrected chi connectivity index (χ2v) is 4.62. The molecule has 0 spiro atoms. The summed E-state index contributed by atoms with van der Waals surface area (Å²) in [6.45, 7) is 1.89. The molecule has 2 N–H and O–H groups in total. The minimum Gasteiger partial charge on any atom is -0.452 e. The summed E-state index contributed by atoms with van der Waals surface area (Å²) in [5.74, 6) is 0.944. The summed E-state index contributed by atoms with van der Waals surface area (Å²) < 4.78 is 6.57. The highest BCUT2D eigenvalue weighted by Crippen LogP contribution is 2.34. The Balaban J connectivity index is 2.44. The van der Waals surface area contributed by atoms with Crippen LogP contribution in [0.1, 0.15) is 11.3 Å².